The molecular weight excluding hydrogens is 292 g/mol. The Labute approximate surface area is 131 Å². The lowest BCUT2D eigenvalue weighted by Crippen LogP contribution is -2.20. The zero-order valence-corrected chi connectivity index (χ0v) is 11.9. The monoisotopic (exact) mass is 302 g/mol. The Balaban J connectivity index is 1.98. The lowest BCUT2D eigenvalue weighted by atomic mass is 9.84. The summed E-state index contributed by atoms with van der Waals surface area (Å²) in [5.74, 6) is -1.80. The minimum absolute atomic E-state index is 0.0690. The van der Waals surface area contributed by atoms with Crippen LogP contribution in [-0.2, 0) is 4.79 Å². The molecule has 0 fully saturated rings. The van der Waals surface area contributed by atoms with Crippen molar-refractivity contribution in [1.29, 1.82) is 0 Å². The Morgan fingerprint density at radius 3 is 1.78 bits per heavy atom. The molecule has 0 heterocycles. The molecule has 4 rings (SSSR count). The summed E-state index contributed by atoms with van der Waals surface area (Å²) in [6.07, 6.45) is 1.14. The molecule has 0 bridgehead atoms. The third kappa shape index (κ3) is 1.75. The van der Waals surface area contributed by atoms with E-state index in [9.17, 15) is 19.5 Å². The summed E-state index contributed by atoms with van der Waals surface area (Å²) >= 11 is 0. The van der Waals surface area contributed by atoms with Crippen LogP contribution in [0.4, 0.5) is 0 Å². The van der Waals surface area contributed by atoms with E-state index in [1.807, 2.05) is 0 Å². The highest BCUT2D eigenvalue weighted by atomic mass is 16.3. The van der Waals surface area contributed by atoms with E-state index in [4.69, 9.17) is 0 Å². The van der Waals surface area contributed by atoms with Crippen molar-refractivity contribution in [2.24, 2.45) is 0 Å². The van der Waals surface area contributed by atoms with E-state index >= 15 is 0 Å². The van der Waals surface area contributed by atoms with Crippen molar-refractivity contribution < 1.29 is 19.5 Å². The van der Waals surface area contributed by atoms with Crippen molar-refractivity contribution in [3.63, 3.8) is 0 Å². The molecule has 2 aliphatic rings. The minimum atomic E-state index is -0.692. The van der Waals surface area contributed by atoms with E-state index in [0.717, 1.165) is 6.08 Å². The first-order chi connectivity index (χ1) is 11.1. The van der Waals surface area contributed by atoms with Crippen molar-refractivity contribution in [3.8, 4) is 0 Å². The van der Waals surface area contributed by atoms with E-state index < -0.39 is 11.6 Å². The van der Waals surface area contributed by atoms with Crippen LogP contribution < -0.4 is 0 Å². The van der Waals surface area contributed by atoms with Crippen molar-refractivity contribution in [1.82, 2.24) is 0 Å². The van der Waals surface area contributed by atoms with Gasteiger partial charge in [0.15, 0.2) is 5.78 Å². The average molecular weight is 302 g/mol. The van der Waals surface area contributed by atoms with Gasteiger partial charge in [-0.15, -0.1) is 0 Å². The normalized spacial score (nSPS) is 16.3. The van der Waals surface area contributed by atoms with Crippen LogP contribution in [0.15, 0.2) is 60.2 Å². The molecule has 4 nitrogen and oxygen atoms in total. The van der Waals surface area contributed by atoms with Crippen LogP contribution in [-0.4, -0.2) is 22.5 Å². The number of carbonyl (C=O) groups is 3. The first-order valence-corrected chi connectivity index (χ1v) is 7.07. The van der Waals surface area contributed by atoms with Crippen LogP contribution in [0.25, 0.3) is 11.3 Å². The summed E-state index contributed by atoms with van der Waals surface area (Å²) in [6, 6.07) is 13.3. The predicted molar refractivity (Wildman–Crippen MR) is 84.1 cm³/mol. The first kappa shape index (κ1) is 13.4. The van der Waals surface area contributed by atoms with Crippen LogP contribution >= 0.6 is 0 Å². The van der Waals surface area contributed by atoms with Crippen molar-refractivity contribution in [2.75, 3.05) is 0 Å². The second-order valence-electron chi connectivity index (χ2n) is 5.40. The Morgan fingerprint density at radius 1 is 0.652 bits per heavy atom. The van der Waals surface area contributed by atoms with E-state index in [0.29, 0.717) is 22.3 Å². The molecular formula is C19H10O4. The minimum Gasteiger partial charge on any atom is -0.507 e. The predicted octanol–water partition coefficient (Wildman–Crippen LogP) is 3.00. The lowest BCUT2D eigenvalue weighted by Gasteiger charge is -2.16. The fourth-order valence-corrected chi connectivity index (χ4v) is 3.04. The highest BCUT2D eigenvalue weighted by Crippen LogP contribution is 2.40. The molecule has 0 amide bonds. The highest BCUT2D eigenvalue weighted by molar-refractivity contribution is 6.52. The summed E-state index contributed by atoms with van der Waals surface area (Å²) in [7, 11) is 0. The maximum Gasteiger partial charge on any atom is 0.233 e. The summed E-state index contributed by atoms with van der Waals surface area (Å²) in [4.78, 5) is 36.6. The molecule has 23 heavy (non-hydrogen) atoms. The SMILES string of the molecule is O=C1C=C(C2=C(O)c3ccccc3C2=O)c2ccccc2C1=O. The molecule has 2 aliphatic carbocycles. The second-order valence-corrected chi connectivity index (χ2v) is 5.40. The van der Waals surface area contributed by atoms with Gasteiger partial charge in [0.25, 0.3) is 0 Å². The Morgan fingerprint density at radius 2 is 1.17 bits per heavy atom. The quantitative estimate of drug-likeness (QED) is 0.822. The van der Waals surface area contributed by atoms with Gasteiger partial charge in [-0.25, -0.2) is 0 Å². The maximum atomic E-state index is 12.6. The Hall–Kier alpha value is -3.27. The third-order valence-corrected chi connectivity index (χ3v) is 4.12. The number of carbonyl (C=O) groups excluding carboxylic acids is 3. The summed E-state index contributed by atoms with van der Waals surface area (Å²) in [5, 5.41) is 10.5. The first-order valence-electron chi connectivity index (χ1n) is 7.07. The van der Waals surface area contributed by atoms with Crippen LogP contribution in [0.5, 0.6) is 0 Å². The van der Waals surface area contributed by atoms with Crippen molar-refractivity contribution in [3.05, 3.63) is 82.4 Å². The molecule has 0 atom stereocenters. The highest BCUT2D eigenvalue weighted by Gasteiger charge is 2.36. The Kier molecular flexibility index (Phi) is 2.69. The van der Waals surface area contributed by atoms with E-state index in [1.54, 1.807) is 48.5 Å². The molecule has 0 saturated heterocycles. The van der Waals surface area contributed by atoms with Gasteiger partial charge in [0.2, 0.25) is 11.6 Å². The van der Waals surface area contributed by atoms with Gasteiger partial charge in [-0.1, -0.05) is 48.5 Å². The molecule has 4 heteroatoms. The molecule has 2 aromatic carbocycles. The molecule has 0 spiro atoms. The van der Waals surface area contributed by atoms with Gasteiger partial charge in [0.05, 0.1) is 5.57 Å². The third-order valence-electron chi connectivity index (χ3n) is 4.12. The molecule has 0 aliphatic heterocycles. The number of fused-ring (bicyclic) bond motifs is 2. The molecule has 110 valence electrons. The molecule has 0 radical (unpaired) electrons. The largest absolute Gasteiger partial charge is 0.507 e. The van der Waals surface area contributed by atoms with E-state index in [2.05, 4.69) is 0 Å². The van der Waals surface area contributed by atoms with Crippen molar-refractivity contribution in [2.45, 2.75) is 0 Å². The number of allylic oxidation sites excluding steroid dienone is 3. The van der Waals surface area contributed by atoms with Gasteiger partial charge in [-0.3, -0.25) is 14.4 Å². The van der Waals surface area contributed by atoms with E-state index in [1.165, 1.54) is 0 Å². The zero-order chi connectivity index (χ0) is 16.1. The van der Waals surface area contributed by atoms with Gasteiger partial charge in [0, 0.05) is 22.3 Å². The number of hydrogen-bond acceptors (Lipinski definition) is 4. The molecule has 1 N–H and O–H groups in total. The van der Waals surface area contributed by atoms with Crippen LogP contribution in [0.1, 0.15) is 31.8 Å². The second kappa shape index (κ2) is 4.61. The van der Waals surface area contributed by atoms with Gasteiger partial charge >= 0.3 is 0 Å². The van der Waals surface area contributed by atoms with Crippen LogP contribution in [0.2, 0.25) is 0 Å². The van der Waals surface area contributed by atoms with Crippen LogP contribution in [0.3, 0.4) is 0 Å². The smallest absolute Gasteiger partial charge is 0.233 e. The maximum absolute atomic E-state index is 12.6. The average Bonchev–Trinajstić information content (AvgIpc) is 2.83. The molecule has 2 aromatic rings. The van der Waals surface area contributed by atoms with E-state index in [-0.39, 0.29) is 22.7 Å². The molecule has 0 saturated carbocycles. The topological polar surface area (TPSA) is 71.4 Å². The fraction of sp³-hybridized carbons (Fsp3) is 0. The fourth-order valence-electron chi connectivity index (χ4n) is 3.04. The molecule has 0 aromatic heterocycles. The number of Topliss-reactive ketones (excluding diaryl/α,β-unsaturated/α-hetero) is 2. The summed E-state index contributed by atoms with van der Waals surface area (Å²) in [6.45, 7) is 0. The number of rotatable bonds is 1. The number of ketones is 3. The number of benzene rings is 2. The number of aliphatic hydroxyl groups is 1. The number of hydrogen-bond donors (Lipinski definition) is 1. The van der Waals surface area contributed by atoms with Crippen LogP contribution in [0, 0.1) is 0 Å². The summed E-state index contributed by atoms with van der Waals surface area (Å²) in [5.41, 5.74) is 1.93. The van der Waals surface area contributed by atoms with Gasteiger partial charge in [-0.2, -0.15) is 0 Å². The summed E-state index contributed by atoms with van der Waals surface area (Å²) < 4.78 is 0. The Bertz CT molecular complexity index is 976. The van der Waals surface area contributed by atoms with Crippen molar-refractivity contribution >= 4 is 28.7 Å². The zero-order valence-electron chi connectivity index (χ0n) is 11.9. The van der Waals surface area contributed by atoms with Gasteiger partial charge in [-0.05, 0) is 11.6 Å². The van der Waals surface area contributed by atoms with Gasteiger partial charge in [0.1, 0.15) is 5.76 Å². The lowest BCUT2D eigenvalue weighted by molar-refractivity contribution is -0.110. The standard InChI is InChI=1S/C19H10O4/c20-15-9-14(10-5-1-2-6-11(10)17(15)21)16-18(22)12-7-3-4-8-13(12)19(16)23/h1-9,22H. The van der Waals surface area contributed by atoms with Gasteiger partial charge < -0.3 is 5.11 Å². The number of aliphatic hydroxyl groups excluding tert-OH is 1. The molecule has 0 unspecified atom stereocenters.